The molecule has 21 heavy (non-hydrogen) atoms. The Morgan fingerprint density at radius 3 is 2.81 bits per heavy atom. The fourth-order valence-corrected chi connectivity index (χ4v) is 2.13. The number of fused-ring (bicyclic) bond motifs is 1. The number of hydrogen-bond acceptors (Lipinski definition) is 5. The van der Waals surface area contributed by atoms with Crippen molar-refractivity contribution in [3.05, 3.63) is 30.1 Å². The van der Waals surface area contributed by atoms with E-state index in [1.807, 2.05) is 39.3 Å². The van der Waals surface area contributed by atoms with Crippen LogP contribution in [0.25, 0.3) is 10.8 Å². The van der Waals surface area contributed by atoms with Crippen LogP contribution >= 0.6 is 0 Å². The molecule has 0 bridgehead atoms. The van der Waals surface area contributed by atoms with Crippen molar-refractivity contribution in [2.24, 2.45) is 0 Å². The predicted octanol–water partition coefficient (Wildman–Crippen LogP) is 2.12. The molecule has 1 aromatic carbocycles. The van der Waals surface area contributed by atoms with Crippen LogP contribution in [-0.2, 0) is 4.74 Å². The number of ether oxygens (including phenoxy) is 1. The number of pyridine rings is 1. The highest BCUT2D eigenvalue weighted by atomic mass is 16.5. The molecule has 0 aliphatic rings. The maximum Gasteiger partial charge on any atom is 0.0639 e. The van der Waals surface area contributed by atoms with Crippen LogP contribution in [0.2, 0.25) is 0 Å². The smallest absolute Gasteiger partial charge is 0.0639 e. The molecule has 0 radical (unpaired) electrons. The van der Waals surface area contributed by atoms with Crippen LogP contribution in [0.4, 0.5) is 11.4 Å². The molecule has 0 atom stereocenters. The first-order chi connectivity index (χ1) is 10.1. The quantitative estimate of drug-likeness (QED) is 0.603. The monoisotopic (exact) mass is 288 g/mol. The maximum absolute atomic E-state index is 6.00. The third-order valence-electron chi connectivity index (χ3n) is 3.32. The van der Waals surface area contributed by atoms with Crippen molar-refractivity contribution in [1.29, 1.82) is 0 Å². The Kier molecular flexibility index (Phi) is 5.36. The van der Waals surface area contributed by atoms with E-state index in [-0.39, 0.29) is 0 Å². The zero-order chi connectivity index (χ0) is 15.2. The number of rotatable bonds is 7. The molecule has 2 aromatic rings. The number of nitrogen functional groups attached to an aromatic ring is 1. The van der Waals surface area contributed by atoms with Gasteiger partial charge in [0, 0.05) is 47.1 Å². The summed E-state index contributed by atoms with van der Waals surface area (Å²) in [5.41, 5.74) is 8.81. The van der Waals surface area contributed by atoms with Crippen LogP contribution < -0.4 is 11.1 Å². The van der Waals surface area contributed by atoms with Crippen LogP contribution in [0.3, 0.4) is 0 Å². The van der Waals surface area contributed by atoms with E-state index in [9.17, 15) is 0 Å². The Morgan fingerprint density at radius 2 is 2.05 bits per heavy atom. The molecule has 114 valence electrons. The SMILES string of the molecule is Cc1cc2c(NCCOCCN(C)C)ccc(N)c2cn1. The summed E-state index contributed by atoms with van der Waals surface area (Å²) in [6, 6.07) is 5.98. The summed E-state index contributed by atoms with van der Waals surface area (Å²) in [7, 11) is 4.08. The summed E-state index contributed by atoms with van der Waals surface area (Å²) in [5, 5.41) is 5.50. The number of aryl methyl sites for hydroxylation is 1. The van der Waals surface area contributed by atoms with Crippen molar-refractivity contribution < 1.29 is 4.74 Å². The molecule has 0 unspecified atom stereocenters. The molecule has 3 N–H and O–H groups in total. The molecule has 0 amide bonds. The van der Waals surface area contributed by atoms with Crippen LogP contribution in [0.15, 0.2) is 24.4 Å². The molecule has 1 heterocycles. The number of nitrogens with two attached hydrogens (primary N) is 1. The summed E-state index contributed by atoms with van der Waals surface area (Å²) in [4.78, 5) is 6.42. The van der Waals surface area contributed by atoms with Gasteiger partial charge in [-0.05, 0) is 39.2 Å². The van der Waals surface area contributed by atoms with E-state index in [2.05, 4.69) is 21.3 Å². The van der Waals surface area contributed by atoms with Crippen molar-refractivity contribution in [2.75, 3.05) is 51.4 Å². The minimum absolute atomic E-state index is 0.684. The van der Waals surface area contributed by atoms with Gasteiger partial charge in [-0.3, -0.25) is 4.98 Å². The van der Waals surface area contributed by atoms with Crippen molar-refractivity contribution in [3.8, 4) is 0 Å². The number of hydrogen-bond donors (Lipinski definition) is 2. The Bertz CT molecular complexity index is 598. The summed E-state index contributed by atoms with van der Waals surface area (Å²) >= 11 is 0. The molecule has 0 aliphatic heterocycles. The minimum atomic E-state index is 0.684. The Balaban J connectivity index is 1.96. The normalized spacial score (nSPS) is 11.2. The van der Waals surface area contributed by atoms with Gasteiger partial charge in [0.2, 0.25) is 0 Å². The van der Waals surface area contributed by atoms with Crippen LogP contribution in [0.1, 0.15) is 5.69 Å². The van der Waals surface area contributed by atoms with Gasteiger partial charge >= 0.3 is 0 Å². The third kappa shape index (κ3) is 4.31. The summed E-state index contributed by atoms with van der Waals surface area (Å²) in [6.45, 7) is 5.13. The number of nitrogens with one attached hydrogen (secondary N) is 1. The van der Waals surface area contributed by atoms with E-state index < -0.39 is 0 Å². The van der Waals surface area contributed by atoms with Crippen LogP contribution in [0, 0.1) is 6.92 Å². The summed E-state index contributed by atoms with van der Waals surface area (Å²) in [5.74, 6) is 0. The highest BCUT2D eigenvalue weighted by molar-refractivity contribution is 6.00. The number of anilines is 2. The molecule has 5 nitrogen and oxygen atoms in total. The van der Waals surface area contributed by atoms with Gasteiger partial charge in [-0.2, -0.15) is 0 Å². The Labute approximate surface area is 126 Å². The lowest BCUT2D eigenvalue weighted by atomic mass is 10.1. The third-order valence-corrected chi connectivity index (χ3v) is 3.32. The largest absolute Gasteiger partial charge is 0.398 e. The average molecular weight is 288 g/mol. The Hall–Kier alpha value is -1.85. The summed E-state index contributed by atoms with van der Waals surface area (Å²) < 4.78 is 5.58. The van der Waals surface area contributed by atoms with Gasteiger partial charge in [0.1, 0.15) is 0 Å². The van der Waals surface area contributed by atoms with Gasteiger partial charge in [-0.25, -0.2) is 0 Å². The molecule has 0 fully saturated rings. The molecule has 5 heteroatoms. The fourth-order valence-electron chi connectivity index (χ4n) is 2.13. The molecule has 1 aromatic heterocycles. The van der Waals surface area contributed by atoms with Crippen molar-refractivity contribution in [3.63, 3.8) is 0 Å². The van der Waals surface area contributed by atoms with E-state index in [1.165, 1.54) is 0 Å². The van der Waals surface area contributed by atoms with Gasteiger partial charge in [-0.1, -0.05) is 0 Å². The second kappa shape index (κ2) is 7.24. The van der Waals surface area contributed by atoms with E-state index in [0.717, 1.165) is 47.5 Å². The van der Waals surface area contributed by atoms with E-state index in [0.29, 0.717) is 6.61 Å². The molecule has 2 rings (SSSR count). The second-order valence-corrected chi connectivity index (χ2v) is 5.42. The highest BCUT2D eigenvalue weighted by Crippen LogP contribution is 2.28. The van der Waals surface area contributed by atoms with Gasteiger partial charge in [-0.15, -0.1) is 0 Å². The topological polar surface area (TPSA) is 63.4 Å². The number of nitrogens with zero attached hydrogens (tertiary/aromatic N) is 2. The lowest BCUT2D eigenvalue weighted by Crippen LogP contribution is -2.20. The minimum Gasteiger partial charge on any atom is -0.398 e. The average Bonchev–Trinajstić information content (AvgIpc) is 2.44. The molecule has 0 aliphatic carbocycles. The van der Waals surface area contributed by atoms with Crippen LogP contribution in [-0.4, -0.2) is 50.3 Å². The Morgan fingerprint density at radius 1 is 1.24 bits per heavy atom. The van der Waals surface area contributed by atoms with E-state index >= 15 is 0 Å². The fraction of sp³-hybridized carbons (Fsp3) is 0.438. The van der Waals surface area contributed by atoms with Crippen LogP contribution in [0.5, 0.6) is 0 Å². The van der Waals surface area contributed by atoms with Crippen molar-refractivity contribution in [1.82, 2.24) is 9.88 Å². The molecular formula is C16H24N4O. The highest BCUT2D eigenvalue weighted by Gasteiger charge is 2.05. The zero-order valence-corrected chi connectivity index (χ0v) is 13.0. The van der Waals surface area contributed by atoms with Gasteiger partial charge in [0.25, 0.3) is 0 Å². The number of benzene rings is 1. The van der Waals surface area contributed by atoms with Crippen molar-refractivity contribution in [2.45, 2.75) is 6.92 Å². The number of likely N-dealkylation sites (N-methyl/N-ethyl adjacent to an activating group) is 1. The second-order valence-electron chi connectivity index (χ2n) is 5.42. The lowest BCUT2D eigenvalue weighted by Gasteiger charge is -2.13. The molecule has 0 saturated carbocycles. The van der Waals surface area contributed by atoms with Gasteiger partial charge < -0.3 is 20.7 Å². The lowest BCUT2D eigenvalue weighted by molar-refractivity contribution is 0.126. The zero-order valence-electron chi connectivity index (χ0n) is 13.0. The molecule has 0 saturated heterocycles. The first-order valence-electron chi connectivity index (χ1n) is 7.19. The van der Waals surface area contributed by atoms with E-state index in [4.69, 9.17) is 10.5 Å². The maximum atomic E-state index is 6.00. The first-order valence-corrected chi connectivity index (χ1v) is 7.19. The van der Waals surface area contributed by atoms with E-state index in [1.54, 1.807) is 0 Å². The standard InChI is InChI=1S/C16H24N4O/c1-12-10-13-14(11-19-12)15(17)4-5-16(13)18-6-8-21-9-7-20(2)3/h4-5,10-11,18H,6-9,17H2,1-3H3. The first kappa shape index (κ1) is 15.5. The molecular weight excluding hydrogens is 264 g/mol. The van der Waals surface area contributed by atoms with Gasteiger partial charge in [0.15, 0.2) is 0 Å². The molecule has 0 spiro atoms. The van der Waals surface area contributed by atoms with Gasteiger partial charge in [0.05, 0.1) is 13.2 Å². The van der Waals surface area contributed by atoms with Crippen molar-refractivity contribution >= 4 is 22.1 Å². The number of aromatic nitrogens is 1. The summed E-state index contributed by atoms with van der Waals surface area (Å²) in [6.07, 6.45) is 1.83. The predicted molar refractivity (Wildman–Crippen MR) is 88.8 cm³/mol.